The third kappa shape index (κ3) is 3.93. The van der Waals surface area contributed by atoms with Crippen LogP contribution < -0.4 is 10.3 Å². The highest BCUT2D eigenvalue weighted by atomic mass is 32.2. The molecule has 0 bridgehead atoms. The maximum Gasteiger partial charge on any atom is 0.265 e. The average Bonchev–Trinajstić information content (AvgIpc) is 2.80. The number of aryl methyl sites for hydroxylation is 4. The Labute approximate surface area is 193 Å². The predicted molar refractivity (Wildman–Crippen MR) is 131 cm³/mol. The number of rotatable bonds is 4. The van der Waals surface area contributed by atoms with Gasteiger partial charge in [0.2, 0.25) is 0 Å². The summed E-state index contributed by atoms with van der Waals surface area (Å²) >= 11 is 0. The van der Waals surface area contributed by atoms with Crippen LogP contribution in [0.4, 0.5) is 5.69 Å². The molecule has 0 saturated heterocycles. The molecule has 0 radical (unpaired) electrons. The summed E-state index contributed by atoms with van der Waals surface area (Å²) in [5.74, 6) is 0.570. The fraction of sp³-hybridized carbons (Fsp3) is 0.231. The van der Waals surface area contributed by atoms with Gasteiger partial charge in [0, 0.05) is 0 Å². The molecule has 1 heterocycles. The molecule has 1 aliphatic carbocycles. The van der Waals surface area contributed by atoms with Gasteiger partial charge in [-0.2, -0.15) is 0 Å². The maximum absolute atomic E-state index is 13.1. The van der Waals surface area contributed by atoms with E-state index in [9.17, 15) is 13.2 Å². The van der Waals surface area contributed by atoms with Crippen LogP contribution in [-0.2, 0) is 22.9 Å². The Morgan fingerprint density at radius 1 is 0.909 bits per heavy atom. The van der Waals surface area contributed by atoms with Crippen molar-refractivity contribution >= 4 is 26.6 Å². The van der Waals surface area contributed by atoms with E-state index in [4.69, 9.17) is 0 Å². The Morgan fingerprint density at radius 2 is 1.67 bits per heavy atom. The van der Waals surface area contributed by atoms with Crippen LogP contribution in [0.2, 0.25) is 0 Å². The highest BCUT2D eigenvalue weighted by Crippen LogP contribution is 2.27. The Kier molecular flexibility index (Phi) is 5.29. The highest BCUT2D eigenvalue weighted by molar-refractivity contribution is 7.92. The molecule has 1 aromatic heterocycles. The van der Waals surface area contributed by atoms with E-state index in [2.05, 4.69) is 9.71 Å². The van der Waals surface area contributed by atoms with Gasteiger partial charge in [-0.3, -0.25) is 14.1 Å². The minimum Gasteiger partial charge on any atom is -0.279 e. The lowest BCUT2D eigenvalue weighted by atomic mass is 9.92. The monoisotopic (exact) mass is 459 g/mol. The predicted octanol–water partition coefficient (Wildman–Crippen LogP) is 4.68. The number of nitrogens with one attached hydrogen (secondary N) is 1. The van der Waals surface area contributed by atoms with Gasteiger partial charge in [0.1, 0.15) is 5.82 Å². The Morgan fingerprint density at radius 3 is 2.45 bits per heavy atom. The molecule has 0 fully saturated rings. The molecule has 6 nitrogen and oxygen atoms in total. The molecule has 0 amide bonds. The molecule has 168 valence electrons. The zero-order valence-electron chi connectivity index (χ0n) is 18.6. The van der Waals surface area contributed by atoms with E-state index in [-0.39, 0.29) is 10.5 Å². The van der Waals surface area contributed by atoms with Gasteiger partial charge >= 0.3 is 0 Å². The Hall–Kier alpha value is -3.45. The quantitative estimate of drug-likeness (QED) is 0.480. The van der Waals surface area contributed by atoms with Crippen LogP contribution in [0, 0.1) is 13.8 Å². The first kappa shape index (κ1) is 21.4. The minimum absolute atomic E-state index is 0.153. The number of anilines is 1. The Bertz CT molecular complexity index is 1560. The molecule has 5 rings (SSSR count). The lowest BCUT2D eigenvalue weighted by molar-refractivity contribution is 0.600. The standard InChI is InChI=1S/C26H25N3O3S/c1-17-15-21(29-18(2)27-25-10-6-5-9-23(25)26(29)30)12-14-24(17)28-33(31,32)22-13-11-19-7-3-4-8-20(19)16-22/h5-6,9-16,28H,3-4,7-8H2,1-2H3. The molecule has 0 saturated carbocycles. The number of benzene rings is 3. The molecule has 33 heavy (non-hydrogen) atoms. The van der Waals surface area contributed by atoms with Crippen molar-refractivity contribution in [2.75, 3.05) is 4.72 Å². The third-order valence-corrected chi connectivity index (χ3v) is 7.65. The van der Waals surface area contributed by atoms with Crippen LogP contribution >= 0.6 is 0 Å². The summed E-state index contributed by atoms with van der Waals surface area (Å²) in [4.78, 5) is 17.9. The number of hydrogen-bond acceptors (Lipinski definition) is 4. The second-order valence-corrected chi connectivity index (χ2v) is 10.2. The number of sulfonamides is 1. The SMILES string of the molecule is Cc1cc(-n2c(C)nc3ccccc3c2=O)ccc1NS(=O)(=O)c1ccc2c(c1)CCCC2. The number of aromatic nitrogens is 2. The van der Waals surface area contributed by atoms with E-state index in [1.165, 1.54) is 5.56 Å². The first-order valence-electron chi connectivity index (χ1n) is 11.1. The first-order chi connectivity index (χ1) is 15.8. The normalized spacial score (nSPS) is 13.6. The van der Waals surface area contributed by atoms with Crippen molar-refractivity contribution in [2.45, 2.75) is 44.4 Å². The minimum atomic E-state index is -3.72. The van der Waals surface area contributed by atoms with Gasteiger partial charge < -0.3 is 0 Å². The zero-order valence-corrected chi connectivity index (χ0v) is 19.4. The maximum atomic E-state index is 13.1. The number of hydrogen-bond donors (Lipinski definition) is 1. The van der Waals surface area contributed by atoms with E-state index >= 15 is 0 Å². The second-order valence-electron chi connectivity index (χ2n) is 8.56. The molecule has 0 aliphatic heterocycles. The van der Waals surface area contributed by atoms with Crippen LogP contribution in [0.5, 0.6) is 0 Å². The van der Waals surface area contributed by atoms with Crippen molar-refractivity contribution < 1.29 is 8.42 Å². The van der Waals surface area contributed by atoms with Crippen molar-refractivity contribution in [3.63, 3.8) is 0 Å². The lowest BCUT2D eigenvalue weighted by Crippen LogP contribution is -2.22. The van der Waals surface area contributed by atoms with E-state index in [1.807, 2.05) is 31.2 Å². The van der Waals surface area contributed by atoms with Crippen molar-refractivity contribution in [1.29, 1.82) is 0 Å². The number of fused-ring (bicyclic) bond motifs is 2. The van der Waals surface area contributed by atoms with Gasteiger partial charge in [-0.05, 0) is 98.7 Å². The highest BCUT2D eigenvalue weighted by Gasteiger charge is 2.19. The summed E-state index contributed by atoms with van der Waals surface area (Å²) in [6.07, 6.45) is 4.16. The fourth-order valence-corrected chi connectivity index (χ4v) is 5.71. The van der Waals surface area contributed by atoms with Crippen molar-refractivity contribution in [1.82, 2.24) is 9.55 Å². The Balaban J connectivity index is 1.49. The van der Waals surface area contributed by atoms with Crippen molar-refractivity contribution in [2.24, 2.45) is 0 Å². The molecule has 0 atom stereocenters. The van der Waals surface area contributed by atoms with Crippen LogP contribution in [0.1, 0.15) is 35.4 Å². The van der Waals surface area contributed by atoms with E-state index in [0.717, 1.165) is 31.2 Å². The van der Waals surface area contributed by atoms with Crippen molar-refractivity contribution in [3.05, 3.63) is 93.5 Å². The van der Waals surface area contributed by atoms with Gasteiger partial charge in [-0.1, -0.05) is 18.2 Å². The van der Waals surface area contributed by atoms with Gasteiger partial charge in [-0.15, -0.1) is 0 Å². The molecule has 3 aromatic carbocycles. The fourth-order valence-electron chi connectivity index (χ4n) is 4.53. The molecule has 0 spiro atoms. The molecule has 7 heteroatoms. The summed E-state index contributed by atoms with van der Waals surface area (Å²) in [6.45, 7) is 3.61. The number of para-hydroxylation sites is 1. The first-order valence-corrected chi connectivity index (χ1v) is 12.6. The zero-order chi connectivity index (χ0) is 23.2. The van der Waals surface area contributed by atoms with Crippen molar-refractivity contribution in [3.8, 4) is 5.69 Å². The van der Waals surface area contributed by atoms with E-state index in [0.29, 0.717) is 33.7 Å². The van der Waals surface area contributed by atoms with Crippen LogP contribution in [0.15, 0.2) is 70.4 Å². The third-order valence-electron chi connectivity index (χ3n) is 6.29. The molecular formula is C26H25N3O3S. The molecule has 0 unspecified atom stereocenters. The number of nitrogens with zero attached hydrogens (tertiary/aromatic N) is 2. The second kappa shape index (κ2) is 8.15. The summed E-state index contributed by atoms with van der Waals surface area (Å²) in [5.41, 5.74) is 4.71. The molecule has 1 aliphatic rings. The average molecular weight is 460 g/mol. The van der Waals surface area contributed by atoms with Crippen LogP contribution in [0.25, 0.3) is 16.6 Å². The van der Waals surface area contributed by atoms with Crippen LogP contribution in [0.3, 0.4) is 0 Å². The van der Waals surface area contributed by atoms with E-state index < -0.39 is 10.0 Å². The van der Waals surface area contributed by atoms with Gasteiger partial charge in [-0.25, -0.2) is 13.4 Å². The summed E-state index contributed by atoms with van der Waals surface area (Å²) in [7, 11) is -3.72. The smallest absolute Gasteiger partial charge is 0.265 e. The van der Waals surface area contributed by atoms with E-state index in [1.54, 1.807) is 47.9 Å². The lowest BCUT2D eigenvalue weighted by Gasteiger charge is -2.18. The van der Waals surface area contributed by atoms with Gasteiger partial charge in [0.15, 0.2) is 0 Å². The summed E-state index contributed by atoms with van der Waals surface area (Å²) in [6, 6.07) is 17.9. The molecule has 4 aromatic rings. The topological polar surface area (TPSA) is 81.1 Å². The summed E-state index contributed by atoms with van der Waals surface area (Å²) in [5, 5.41) is 0.540. The molecule has 1 N–H and O–H groups in total. The molecular weight excluding hydrogens is 434 g/mol. The largest absolute Gasteiger partial charge is 0.279 e. The summed E-state index contributed by atoms with van der Waals surface area (Å²) < 4.78 is 30.4. The van der Waals surface area contributed by atoms with Gasteiger partial charge in [0.25, 0.3) is 15.6 Å². The van der Waals surface area contributed by atoms with Crippen LogP contribution in [-0.4, -0.2) is 18.0 Å². The van der Waals surface area contributed by atoms with Gasteiger partial charge in [0.05, 0.1) is 27.2 Å².